The van der Waals surface area contributed by atoms with Gasteiger partial charge in [0.2, 0.25) is 18.4 Å². The van der Waals surface area contributed by atoms with Crippen LogP contribution in [0.1, 0.15) is 49.5 Å². The number of nitrogens with zero attached hydrogens (tertiary/aromatic N) is 2. The predicted molar refractivity (Wildman–Crippen MR) is 163 cm³/mol. The number of alkyl halides is 3. The number of carbonyl (C=O) groups is 2. The Kier molecular flexibility index (Phi) is 12.1. The van der Waals surface area contributed by atoms with E-state index in [4.69, 9.17) is 18.9 Å². The summed E-state index contributed by atoms with van der Waals surface area (Å²) >= 11 is 0. The van der Waals surface area contributed by atoms with Crippen molar-refractivity contribution in [2.45, 2.75) is 46.5 Å². The summed E-state index contributed by atoms with van der Waals surface area (Å²) in [6.45, 7) is 5.91. The van der Waals surface area contributed by atoms with Crippen LogP contribution in [0.2, 0.25) is 0 Å². The summed E-state index contributed by atoms with van der Waals surface area (Å²) in [6, 6.07) is 8.20. The van der Waals surface area contributed by atoms with Gasteiger partial charge in [0.25, 0.3) is 0 Å². The van der Waals surface area contributed by atoms with Crippen molar-refractivity contribution in [3.63, 3.8) is 0 Å². The summed E-state index contributed by atoms with van der Waals surface area (Å²) in [5, 5.41) is 5.20. The molecule has 2 heterocycles. The maximum absolute atomic E-state index is 13.8. The Morgan fingerprint density at radius 3 is 2.33 bits per heavy atom. The molecular formula is C33H34F5N3O7. The number of ether oxygens (including phenoxy) is 5. The van der Waals surface area contributed by atoms with E-state index >= 15 is 0 Å². The molecule has 2 aromatic heterocycles. The standard InChI is InChI=1S/C33H34F5N3O7/c1-32(2,3)31(43)47-19-46-30(42)21-6-7-22-24-18-40-10-8-23(24)29(41-27(22)16-21)45-13-12-44-11-5-4-9-39-17-20-14-25(34)28(26(35)15-20)48-33(36,37)38/h6-8,10,14-16,18,39H,4-5,9,11-13,17,19H2,1-3H3. The van der Waals surface area contributed by atoms with Crippen molar-refractivity contribution >= 4 is 33.6 Å². The maximum atomic E-state index is 13.8. The number of nitrogens with one attached hydrogen (secondary N) is 1. The van der Waals surface area contributed by atoms with E-state index in [1.165, 1.54) is 0 Å². The lowest BCUT2D eigenvalue weighted by Gasteiger charge is -2.16. The van der Waals surface area contributed by atoms with Gasteiger partial charge in [-0.25, -0.2) is 18.6 Å². The summed E-state index contributed by atoms with van der Waals surface area (Å²) < 4.78 is 89.6. The minimum absolute atomic E-state index is 0.0482. The fraction of sp³-hybridized carbons (Fsp3) is 0.394. The van der Waals surface area contributed by atoms with Crippen molar-refractivity contribution in [1.29, 1.82) is 0 Å². The molecule has 10 nitrogen and oxygen atoms in total. The van der Waals surface area contributed by atoms with E-state index in [1.807, 2.05) is 0 Å². The van der Waals surface area contributed by atoms with Gasteiger partial charge in [-0.05, 0) is 76.1 Å². The van der Waals surface area contributed by atoms with Crippen LogP contribution in [0, 0.1) is 17.0 Å². The van der Waals surface area contributed by atoms with Crippen molar-refractivity contribution in [2.24, 2.45) is 5.41 Å². The lowest BCUT2D eigenvalue weighted by atomic mass is 9.98. The summed E-state index contributed by atoms with van der Waals surface area (Å²) in [6.07, 6.45) is -0.598. The number of esters is 2. The van der Waals surface area contributed by atoms with Crippen LogP contribution in [0.4, 0.5) is 22.0 Å². The lowest BCUT2D eigenvalue weighted by Crippen LogP contribution is -2.24. The quantitative estimate of drug-likeness (QED) is 0.0483. The van der Waals surface area contributed by atoms with Crippen molar-refractivity contribution in [3.05, 3.63) is 71.6 Å². The van der Waals surface area contributed by atoms with Gasteiger partial charge in [0.15, 0.2) is 11.6 Å². The molecule has 0 aliphatic carbocycles. The number of fused-ring (bicyclic) bond motifs is 3. The second-order valence-corrected chi connectivity index (χ2v) is 11.6. The average molecular weight is 680 g/mol. The second kappa shape index (κ2) is 16.0. The molecule has 4 rings (SSSR count). The molecule has 0 aliphatic rings. The summed E-state index contributed by atoms with van der Waals surface area (Å²) in [4.78, 5) is 33.3. The molecule has 0 fully saturated rings. The summed E-state index contributed by atoms with van der Waals surface area (Å²) in [5.74, 6) is -5.23. The maximum Gasteiger partial charge on any atom is 0.573 e. The molecule has 0 aliphatic heterocycles. The van der Waals surface area contributed by atoms with Crippen molar-refractivity contribution < 1.29 is 55.2 Å². The third-order valence-corrected chi connectivity index (χ3v) is 6.75. The summed E-state index contributed by atoms with van der Waals surface area (Å²) in [7, 11) is 0. The van der Waals surface area contributed by atoms with Crippen molar-refractivity contribution in [1.82, 2.24) is 15.3 Å². The highest BCUT2D eigenvalue weighted by Gasteiger charge is 2.34. The zero-order valence-electron chi connectivity index (χ0n) is 26.4. The Balaban J connectivity index is 1.22. The summed E-state index contributed by atoms with van der Waals surface area (Å²) in [5.41, 5.74) is 0.0777. The molecule has 4 aromatic rings. The zero-order valence-corrected chi connectivity index (χ0v) is 26.4. The highest BCUT2D eigenvalue weighted by atomic mass is 19.4. The van der Waals surface area contributed by atoms with Crippen LogP contribution in [-0.2, 0) is 25.5 Å². The Bertz CT molecular complexity index is 1720. The van der Waals surface area contributed by atoms with Crippen LogP contribution >= 0.6 is 0 Å². The number of benzene rings is 2. The van der Waals surface area contributed by atoms with Gasteiger partial charge in [0, 0.05) is 41.7 Å². The average Bonchev–Trinajstić information content (AvgIpc) is 3.02. The van der Waals surface area contributed by atoms with Gasteiger partial charge in [-0.1, -0.05) is 6.07 Å². The van der Waals surface area contributed by atoms with Crippen LogP contribution in [0.15, 0.2) is 48.8 Å². The van der Waals surface area contributed by atoms with E-state index in [0.717, 1.165) is 28.3 Å². The third-order valence-electron chi connectivity index (χ3n) is 6.75. The number of hydrogen-bond donors (Lipinski definition) is 1. The molecule has 258 valence electrons. The first kappa shape index (κ1) is 36.2. The van der Waals surface area contributed by atoms with E-state index in [2.05, 4.69) is 20.0 Å². The van der Waals surface area contributed by atoms with Crippen molar-refractivity contribution in [3.8, 4) is 11.6 Å². The first-order valence-electron chi connectivity index (χ1n) is 14.9. The predicted octanol–water partition coefficient (Wildman–Crippen LogP) is 6.63. The molecule has 15 heteroatoms. The van der Waals surface area contributed by atoms with Crippen molar-refractivity contribution in [2.75, 3.05) is 33.2 Å². The molecule has 0 saturated heterocycles. The molecule has 0 spiro atoms. The van der Waals surface area contributed by atoms with Crippen LogP contribution in [0.25, 0.3) is 21.7 Å². The topological polar surface area (TPSA) is 118 Å². The van der Waals surface area contributed by atoms with Gasteiger partial charge in [-0.15, -0.1) is 13.2 Å². The van der Waals surface area contributed by atoms with Crippen LogP contribution in [0.3, 0.4) is 0 Å². The number of hydrogen-bond acceptors (Lipinski definition) is 10. The van der Waals surface area contributed by atoms with E-state index < -0.39 is 47.9 Å². The van der Waals surface area contributed by atoms with E-state index in [-0.39, 0.29) is 30.9 Å². The minimum atomic E-state index is -5.20. The number of unbranched alkanes of at least 4 members (excludes halogenated alkanes) is 1. The van der Waals surface area contributed by atoms with Crippen LogP contribution < -0.4 is 14.8 Å². The van der Waals surface area contributed by atoms with Crippen LogP contribution in [0.5, 0.6) is 11.6 Å². The molecule has 0 unspecified atom stereocenters. The van der Waals surface area contributed by atoms with Gasteiger partial charge in [-0.2, -0.15) is 0 Å². The van der Waals surface area contributed by atoms with Crippen LogP contribution in [-0.4, -0.2) is 61.4 Å². The number of halogens is 5. The SMILES string of the molecule is CC(C)(C)C(=O)OCOC(=O)c1ccc2c(c1)nc(OCCOCCCCNCc1cc(F)c(OC(F)(F)F)c(F)c1)c1ccncc12. The molecular weight excluding hydrogens is 645 g/mol. The Labute approximate surface area is 272 Å². The molecule has 0 atom stereocenters. The molecule has 2 aromatic carbocycles. The Morgan fingerprint density at radius 2 is 1.62 bits per heavy atom. The van der Waals surface area contributed by atoms with Gasteiger partial charge in [-0.3, -0.25) is 9.78 Å². The largest absolute Gasteiger partial charge is 0.573 e. The Hall–Kier alpha value is -4.63. The fourth-order valence-electron chi connectivity index (χ4n) is 4.40. The number of aromatic nitrogens is 2. The molecule has 48 heavy (non-hydrogen) atoms. The van der Waals surface area contributed by atoms with E-state index in [0.29, 0.717) is 37.4 Å². The fourth-order valence-corrected chi connectivity index (χ4v) is 4.40. The first-order chi connectivity index (χ1) is 22.7. The third kappa shape index (κ3) is 10.2. The number of carbonyl (C=O) groups excluding carboxylic acids is 2. The molecule has 1 N–H and O–H groups in total. The number of pyridine rings is 2. The van der Waals surface area contributed by atoms with E-state index in [9.17, 15) is 31.5 Å². The monoisotopic (exact) mass is 679 g/mol. The normalized spacial score (nSPS) is 11.9. The first-order valence-corrected chi connectivity index (χ1v) is 14.9. The smallest absolute Gasteiger partial charge is 0.475 e. The van der Waals surface area contributed by atoms with Gasteiger partial charge >= 0.3 is 18.3 Å². The molecule has 0 bridgehead atoms. The Morgan fingerprint density at radius 1 is 0.875 bits per heavy atom. The molecule has 0 amide bonds. The second-order valence-electron chi connectivity index (χ2n) is 11.6. The van der Waals surface area contributed by atoms with Gasteiger partial charge in [0.05, 0.1) is 23.1 Å². The molecule has 0 saturated carbocycles. The number of rotatable bonds is 15. The minimum Gasteiger partial charge on any atom is -0.475 e. The zero-order chi connectivity index (χ0) is 34.9. The lowest BCUT2D eigenvalue weighted by molar-refractivity contribution is -0.276. The van der Waals surface area contributed by atoms with Gasteiger partial charge in [0.1, 0.15) is 6.61 Å². The molecule has 0 radical (unpaired) electrons. The highest BCUT2D eigenvalue weighted by molar-refractivity contribution is 6.08. The highest BCUT2D eigenvalue weighted by Crippen LogP contribution is 2.31. The van der Waals surface area contributed by atoms with E-state index in [1.54, 1.807) is 57.4 Å². The van der Waals surface area contributed by atoms with Gasteiger partial charge < -0.3 is 29.0 Å².